The second kappa shape index (κ2) is 70.8. The van der Waals surface area contributed by atoms with Crippen molar-refractivity contribution in [2.24, 2.45) is 0 Å². The summed E-state index contributed by atoms with van der Waals surface area (Å²) in [6.07, 6.45) is 89.7. The van der Waals surface area contributed by atoms with Crippen LogP contribution in [0.5, 0.6) is 0 Å². The molecule has 0 aliphatic carbocycles. The van der Waals surface area contributed by atoms with Gasteiger partial charge < -0.3 is 20.3 Å². The van der Waals surface area contributed by atoms with Crippen LogP contribution in [0, 0.1) is 0 Å². The van der Waals surface area contributed by atoms with Gasteiger partial charge >= 0.3 is 5.97 Å². The van der Waals surface area contributed by atoms with Gasteiger partial charge in [-0.3, -0.25) is 9.59 Å². The Bertz CT molecular complexity index is 1270. The van der Waals surface area contributed by atoms with Crippen LogP contribution >= 0.6 is 0 Å². The Hall–Kier alpha value is -1.66. The maximum Gasteiger partial charge on any atom is 0.305 e. The van der Waals surface area contributed by atoms with Gasteiger partial charge in [0.25, 0.3) is 0 Å². The SMILES string of the molecule is CCCCC/C=C\C/C=C\CCCCCCCCCC(=O)OCCCCCCCCCCCCCCCCCCCCCCCCCCCCCCCCCCCCCC(=O)NC(CO)C(O)CCCCCCCCCCCCCC. The van der Waals surface area contributed by atoms with Crippen molar-refractivity contribution in [2.75, 3.05) is 13.2 Å². The maximum absolute atomic E-state index is 12.5. The lowest BCUT2D eigenvalue weighted by Crippen LogP contribution is -2.45. The predicted octanol–water partition coefficient (Wildman–Crippen LogP) is 24.1. The minimum atomic E-state index is -0.659. The summed E-state index contributed by atoms with van der Waals surface area (Å²) in [4.78, 5) is 24.6. The van der Waals surface area contributed by atoms with Crippen molar-refractivity contribution in [1.29, 1.82) is 0 Å². The van der Waals surface area contributed by atoms with Gasteiger partial charge in [-0.15, -0.1) is 0 Å². The number of ether oxygens (including phenoxy) is 1. The number of hydrogen-bond acceptors (Lipinski definition) is 5. The number of carbonyl (C=O) groups is 2. The molecule has 2 unspecified atom stereocenters. The Morgan fingerprint density at radius 2 is 0.617 bits per heavy atom. The lowest BCUT2D eigenvalue weighted by molar-refractivity contribution is -0.143. The highest BCUT2D eigenvalue weighted by molar-refractivity contribution is 5.76. The smallest absolute Gasteiger partial charge is 0.305 e. The third-order valence-electron chi connectivity index (χ3n) is 17.5. The van der Waals surface area contributed by atoms with E-state index >= 15 is 0 Å². The molecule has 1 amide bonds. The molecule has 0 rings (SSSR count). The van der Waals surface area contributed by atoms with Gasteiger partial charge in [-0.05, 0) is 57.8 Å². The van der Waals surface area contributed by atoms with Gasteiger partial charge in [-0.2, -0.15) is 0 Å². The molecule has 0 saturated heterocycles. The largest absolute Gasteiger partial charge is 0.466 e. The summed E-state index contributed by atoms with van der Waals surface area (Å²) in [5.74, 6) is -0.0124. The molecule has 6 heteroatoms. The molecular formula is C75H145NO5. The van der Waals surface area contributed by atoms with Crippen molar-refractivity contribution >= 4 is 11.9 Å². The number of allylic oxidation sites excluding steroid dienone is 4. The van der Waals surface area contributed by atoms with Crippen LogP contribution in [0.3, 0.4) is 0 Å². The lowest BCUT2D eigenvalue weighted by atomic mass is 10.0. The van der Waals surface area contributed by atoms with E-state index in [9.17, 15) is 19.8 Å². The predicted molar refractivity (Wildman–Crippen MR) is 356 cm³/mol. The molecule has 81 heavy (non-hydrogen) atoms. The molecule has 0 radical (unpaired) electrons. The molecule has 2 atom stereocenters. The van der Waals surface area contributed by atoms with Crippen LogP contribution in [0.4, 0.5) is 0 Å². The third kappa shape index (κ3) is 67.3. The molecule has 0 aliphatic rings. The van der Waals surface area contributed by atoms with E-state index in [4.69, 9.17) is 4.74 Å². The average molecular weight is 1140 g/mol. The minimum absolute atomic E-state index is 0.0154. The standard InChI is InChI=1S/C75H145NO5/c1-3-5-7-9-11-13-15-17-18-38-42-45-49-53-57-61-65-69-75(80)81-70-66-62-58-54-50-46-43-40-37-35-33-31-29-27-25-23-21-19-20-22-24-26-28-30-32-34-36-39-41-44-48-52-56-60-64-68-74(79)76-72(71-77)73(78)67-63-59-55-51-47-16-14-12-10-8-6-4-2/h11,13,17-18,72-73,77-78H,3-10,12,14-16,19-71H2,1-2H3,(H,76,79)/b13-11-,18-17-. The Morgan fingerprint density at radius 1 is 0.346 bits per heavy atom. The highest BCUT2D eigenvalue weighted by Crippen LogP contribution is 2.20. The van der Waals surface area contributed by atoms with E-state index in [1.54, 1.807) is 0 Å². The van der Waals surface area contributed by atoms with Crippen LogP contribution in [0.2, 0.25) is 0 Å². The first-order valence-electron chi connectivity index (χ1n) is 37.1. The van der Waals surface area contributed by atoms with Crippen molar-refractivity contribution < 1.29 is 24.5 Å². The van der Waals surface area contributed by atoms with Gasteiger partial charge in [0.1, 0.15) is 0 Å². The first-order chi connectivity index (χ1) is 40.0. The van der Waals surface area contributed by atoms with E-state index < -0.39 is 12.1 Å². The number of aliphatic hydroxyl groups excluding tert-OH is 2. The molecule has 6 nitrogen and oxygen atoms in total. The molecule has 0 fully saturated rings. The number of esters is 1. The summed E-state index contributed by atoms with van der Waals surface area (Å²) in [7, 11) is 0. The third-order valence-corrected chi connectivity index (χ3v) is 17.5. The molecule has 0 saturated carbocycles. The van der Waals surface area contributed by atoms with E-state index in [-0.39, 0.29) is 18.5 Å². The molecule has 0 bridgehead atoms. The fourth-order valence-corrected chi connectivity index (χ4v) is 11.9. The van der Waals surface area contributed by atoms with E-state index in [0.29, 0.717) is 25.9 Å². The van der Waals surface area contributed by atoms with Crippen LogP contribution in [-0.2, 0) is 14.3 Å². The Balaban J connectivity index is 3.28. The van der Waals surface area contributed by atoms with Crippen LogP contribution < -0.4 is 5.32 Å². The fourth-order valence-electron chi connectivity index (χ4n) is 11.9. The highest BCUT2D eigenvalue weighted by Gasteiger charge is 2.20. The number of nitrogens with one attached hydrogen (secondary N) is 1. The zero-order valence-electron chi connectivity index (χ0n) is 55.0. The van der Waals surface area contributed by atoms with Gasteiger partial charge in [0.05, 0.1) is 25.4 Å². The number of unbranched alkanes of at least 4 members (excludes halogenated alkanes) is 55. The Morgan fingerprint density at radius 3 is 0.963 bits per heavy atom. The molecule has 480 valence electrons. The van der Waals surface area contributed by atoms with Gasteiger partial charge in [0, 0.05) is 12.8 Å². The first kappa shape index (κ1) is 79.3. The highest BCUT2D eigenvalue weighted by atomic mass is 16.5. The summed E-state index contributed by atoms with van der Waals surface area (Å²) in [5, 5.41) is 23.3. The summed E-state index contributed by atoms with van der Waals surface area (Å²) >= 11 is 0. The topological polar surface area (TPSA) is 95.9 Å². The van der Waals surface area contributed by atoms with E-state index in [1.165, 1.54) is 334 Å². The van der Waals surface area contributed by atoms with E-state index in [0.717, 1.165) is 51.4 Å². The normalized spacial score (nSPS) is 12.6. The second-order valence-electron chi connectivity index (χ2n) is 25.6. The quantitative estimate of drug-likeness (QED) is 0.0320. The summed E-state index contributed by atoms with van der Waals surface area (Å²) in [5.41, 5.74) is 0. The monoisotopic (exact) mass is 1140 g/mol. The zero-order valence-corrected chi connectivity index (χ0v) is 55.0. The van der Waals surface area contributed by atoms with E-state index in [1.807, 2.05) is 0 Å². The van der Waals surface area contributed by atoms with Gasteiger partial charge in [-0.25, -0.2) is 0 Å². The van der Waals surface area contributed by atoms with Crippen LogP contribution in [-0.4, -0.2) is 47.4 Å². The summed E-state index contributed by atoms with van der Waals surface area (Å²) < 4.78 is 5.50. The second-order valence-corrected chi connectivity index (χ2v) is 25.6. The summed E-state index contributed by atoms with van der Waals surface area (Å²) in [6, 6.07) is -0.536. The maximum atomic E-state index is 12.5. The molecule has 0 aromatic rings. The van der Waals surface area contributed by atoms with Crippen molar-refractivity contribution in [3.8, 4) is 0 Å². The van der Waals surface area contributed by atoms with Crippen LogP contribution in [0.15, 0.2) is 24.3 Å². The van der Waals surface area contributed by atoms with E-state index in [2.05, 4.69) is 43.5 Å². The Kier molecular flexibility index (Phi) is 69.4. The van der Waals surface area contributed by atoms with Gasteiger partial charge in [0.15, 0.2) is 0 Å². The summed E-state index contributed by atoms with van der Waals surface area (Å²) in [6.45, 7) is 4.96. The fraction of sp³-hybridized carbons (Fsp3) is 0.920. The van der Waals surface area contributed by atoms with Crippen molar-refractivity contribution in [1.82, 2.24) is 5.32 Å². The van der Waals surface area contributed by atoms with Crippen molar-refractivity contribution in [2.45, 2.75) is 431 Å². The molecular weight excluding hydrogens is 995 g/mol. The number of rotatable bonds is 70. The number of hydrogen-bond donors (Lipinski definition) is 3. The molecule has 0 aromatic carbocycles. The number of carbonyl (C=O) groups excluding carboxylic acids is 2. The Labute approximate surface area is 507 Å². The number of amides is 1. The molecule has 0 aromatic heterocycles. The van der Waals surface area contributed by atoms with Gasteiger partial charge in [0.2, 0.25) is 5.91 Å². The average Bonchev–Trinajstić information content (AvgIpc) is 3.47. The number of aliphatic hydroxyl groups is 2. The molecule has 0 spiro atoms. The van der Waals surface area contributed by atoms with Crippen LogP contribution in [0.25, 0.3) is 0 Å². The van der Waals surface area contributed by atoms with Crippen LogP contribution in [0.1, 0.15) is 418 Å². The van der Waals surface area contributed by atoms with Crippen molar-refractivity contribution in [3.05, 3.63) is 24.3 Å². The molecule has 0 aliphatic heterocycles. The zero-order chi connectivity index (χ0) is 58.5. The van der Waals surface area contributed by atoms with Crippen molar-refractivity contribution in [3.63, 3.8) is 0 Å². The minimum Gasteiger partial charge on any atom is -0.466 e. The van der Waals surface area contributed by atoms with Gasteiger partial charge in [-0.1, -0.05) is 372 Å². The first-order valence-corrected chi connectivity index (χ1v) is 37.1. The molecule has 0 heterocycles. The lowest BCUT2D eigenvalue weighted by Gasteiger charge is -2.22. The molecule has 3 N–H and O–H groups in total.